The van der Waals surface area contributed by atoms with Crippen molar-refractivity contribution in [3.63, 3.8) is 0 Å². The zero-order chi connectivity index (χ0) is 10.6. The van der Waals surface area contributed by atoms with Gasteiger partial charge in [0.15, 0.2) is 0 Å². The lowest BCUT2D eigenvalue weighted by atomic mass is 10.2. The summed E-state index contributed by atoms with van der Waals surface area (Å²) in [4.78, 5) is 2.35. The predicted molar refractivity (Wildman–Crippen MR) is 60.8 cm³/mol. The Morgan fingerprint density at radius 2 is 2.21 bits per heavy atom. The van der Waals surface area contributed by atoms with Gasteiger partial charge in [0, 0.05) is 24.1 Å². The summed E-state index contributed by atoms with van der Waals surface area (Å²) in [6.07, 6.45) is 1.15. The monoisotopic (exact) mass is 233 g/mol. The molecule has 14 heavy (non-hydrogen) atoms. The molecule has 0 bridgehead atoms. The van der Waals surface area contributed by atoms with Crippen molar-refractivity contribution in [3.05, 3.63) is 10.0 Å². The third-order valence-electron chi connectivity index (χ3n) is 2.10. The van der Waals surface area contributed by atoms with E-state index in [0.29, 0.717) is 10.4 Å². The highest BCUT2D eigenvalue weighted by Gasteiger charge is 2.13. The van der Waals surface area contributed by atoms with Gasteiger partial charge in [-0.15, -0.1) is 5.10 Å². The number of rotatable bonds is 5. The van der Waals surface area contributed by atoms with E-state index in [9.17, 15) is 0 Å². The number of hydrogen-bond acceptors (Lipinski definition) is 4. The Balaban J connectivity index is 2.60. The summed E-state index contributed by atoms with van der Waals surface area (Å²) in [5.41, 5.74) is 0.902. The molecule has 0 amide bonds. The fraction of sp³-hybridized carbons (Fsp3) is 0.778. The van der Waals surface area contributed by atoms with Crippen LogP contribution in [0.25, 0.3) is 0 Å². The Kier molecular flexibility index (Phi) is 4.78. The van der Waals surface area contributed by atoms with Crippen LogP contribution in [-0.4, -0.2) is 27.1 Å². The van der Waals surface area contributed by atoms with Crippen LogP contribution in [0.3, 0.4) is 0 Å². The highest BCUT2D eigenvalue weighted by molar-refractivity contribution is 7.10. The van der Waals surface area contributed by atoms with Crippen LogP contribution in [0.15, 0.2) is 0 Å². The summed E-state index contributed by atoms with van der Waals surface area (Å²) >= 11 is 7.21. The van der Waals surface area contributed by atoms with Crippen molar-refractivity contribution in [2.24, 2.45) is 0 Å². The lowest BCUT2D eigenvalue weighted by Gasteiger charge is -2.24. The fourth-order valence-corrected chi connectivity index (χ4v) is 1.90. The number of hydrogen-bond donors (Lipinski definition) is 0. The zero-order valence-electron chi connectivity index (χ0n) is 8.83. The fourth-order valence-electron chi connectivity index (χ4n) is 1.29. The minimum atomic E-state index is 0.521. The van der Waals surface area contributed by atoms with Gasteiger partial charge in [0.2, 0.25) is 0 Å². The molecular weight excluding hydrogens is 218 g/mol. The van der Waals surface area contributed by atoms with Crippen molar-refractivity contribution in [1.29, 1.82) is 0 Å². The van der Waals surface area contributed by atoms with Crippen LogP contribution < -0.4 is 0 Å². The highest BCUT2D eigenvalue weighted by Crippen LogP contribution is 2.19. The molecule has 0 radical (unpaired) electrons. The molecule has 5 heteroatoms. The third kappa shape index (κ3) is 3.19. The van der Waals surface area contributed by atoms with Crippen molar-refractivity contribution in [1.82, 2.24) is 14.5 Å². The van der Waals surface area contributed by atoms with Gasteiger partial charge in [-0.2, -0.15) is 0 Å². The summed E-state index contributed by atoms with van der Waals surface area (Å²) in [6, 6.07) is 0.521. The highest BCUT2D eigenvalue weighted by atomic mass is 35.5. The van der Waals surface area contributed by atoms with Crippen LogP contribution in [0.4, 0.5) is 0 Å². The summed E-state index contributed by atoms with van der Waals surface area (Å²) in [5.74, 6) is 0. The second-order valence-corrected chi connectivity index (χ2v) is 4.91. The standard InChI is InChI=1S/C9H16ClN3S/c1-4-5-13(7(2)3)6-8-9(10)14-12-11-8/h7H,4-6H2,1-3H3. The lowest BCUT2D eigenvalue weighted by molar-refractivity contribution is 0.211. The molecule has 0 saturated carbocycles. The van der Waals surface area contributed by atoms with Gasteiger partial charge in [-0.3, -0.25) is 4.90 Å². The molecule has 1 aromatic rings. The van der Waals surface area contributed by atoms with Gasteiger partial charge in [-0.25, -0.2) is 0 Å². The maximum atomic E-state index is 5.96. The van der Waals surface area contributed by atoms with E-state index in [-0.39, 0.29) is 0 Å². The molecule has 0 aromatic carbocycles. The Morgan fingerprint density at radius 1 is 1.50 bits per heavy atom. The first-order valence-electron chi connectivity index (χ1n) is 4.86. The molecule has 0 aliphatic heterocycles. The maximum Gasteiger partial charge on any atom is 0.138 e. The van der Waals surface area contributed by atoms with E-state index < -0.39 is 0 Å². The zero-order valence-corrected chi connectivity index (χ0v) is 10.4. The normalized spacial score (nSPS) is 11.6. The number of aromatic nitrogens is 2. The first kappa shape index (κ1) is 11.9. The molecule has 0 saturated heterocycles. The van der Waals surface area contributed by atoms with Crippen molar-refractivity contribution < 1.29 is 0 Å². The maximum absolute atomic E-state index is 5.96. The van der Waals surface area contributed by atoms with Crippen LogP contribution >= 0.6 is 23.1 Å². The average molecular weight is 234 g/mol. The van der Waals surface area contributed by atoms with Crippen molar-refractivity contribution in [2.45, 2.75) is 39.8 Å². The van der Waals surface area contributed by atoms with Gasteiger partial charge in [0.25, 0.3) is 0 Å². The Bertz CT molecular complexity index is 275. The smallest absolute Gasteiger partial charge is 0.138 e. The summed E-state index contributed by atoms with van der Waals surface area (Å²) < 4.78 is 4.54. The molecule has 80 valence electrons. The van der Waals surface area contributed by atoms with E-state index in [1.54, 1.807) is 0 Å². The van der Waals surface area contributed by atoms with Gasteiger partial charge in [0.1, 0.15) is 10.0 Å². The molecule has 0 spiro atoms. The van der Waals surface area contributed by atoms with Gasteiger partial charge >= 0.3 is 0 Å². The van der Waals surface area contributed by atoms with E-state index >= 15 is 0 Å². The van der Waals surface area contributed by atoms with Gasteiger partial charge in [-0.05, 0) is 26.8 Å². The molecule has 3 nitrogen and oxygen atoms in total. The molecule has 0 atom stereocenters. The quantitative estimate of drug-likeness (QED) is 0.783. The second kappa shape index (κ2) is 5.63. The van der Waals surface area contributed by atoms with Gasteiger partial charge in [0.05, 0.1) is 0 Å². The third-order valence-corrected chi connectivity index (χ3v) is 3.09. The van der Waals surface area contributed by atoms with E-state index in [4.69, 9.17) is 11.6 Å². The van der Waals surface area contributed by atoms with Crippen LogP contribution in [0.5, 0.6) is 0 Å². The SMILES string of the molecule is CCCN(Cc1nnsc1Cl)C(C)C. The summed E-state index contributed by atoms with van der Waals surface area (Å²) in [5, 5.41) is 4.02. The van der Waals surface area contributed by atoms with Crippen molar-refractivity contribution in [3.8, 4) is 0 Å². The Labute approximate surface area is 94.2 Å². The van der Waals surface area contributed by atoms with Gasteiger partial charge in [-0.1, -0.05) is 23.0 Å². The molecule has 0 N–H and O–H groups in total. The molecule has 0 aliphatic rings. The second-order valence-electron chi connectivity index (χ2n) is 3.56. The average Bonchev–Trinajstić information content (AvgIpc) is 2.51. The van der Waals surface area contributed by atoms with Crippen LogP contribution in [0.2, 0.25) is 4.34 Å². The van der Waals surface area contributed by atoms with Crippen LogP contribution in [-0.2, 0) is 6.54 Å². The summed E-state index contributed by atoms with van der Waals surface area (Å²) in [7, 11) is 0. The largest absolute Gasteiger partial charge is 0.295 e. The first-order valence-corrected chi connectivity index (χ1v) is 6.01. The number of nitrogens with zero attached hydrogens (tertiary/aromatic N) is 3. The minimum absolute atomic E-state index is 0.521. The number of halogens is 1. The summed E-state index contributed by atoms with van der Waals surface area (Å²) in [6.45, 7) is 8.43. The van der Waals surface area contributed by atoms with E-state index in [1.165, 1.54) is 11.5 Å². The lowest BCUT2D eigenvalue weighted by Crippen LogP contribution is -2.31. The van der Waals surface area contributed by atoms with E-state index in [1.807, 2.05) is 0 Å². The minimum Gasteiger partial charge on any atom is -0.295 e. The van der Waals surface area contributed by atoms with E-state index in [0.717, 1.165) is 25.2 Å². The molecule has 1 aromatic heterocycles. The molecule has 0 unspecified atom stereocenters. The van der Waals surface area contributed by atoms with E-state index in [2.05, 4.69) is 35.3 Å². The molecule has 1 heterocycles. The van der Waals surface area contributed by atoms with Crippen LogP contribution in [0, 0.1) is 0 Å². The Morgan fingerprint density at radius 3 is 2.64 bits per heavy atom. The van der Waals surface area contributed by atoms with Crippen molar-refractivity contribution in [2.75, 3.05) is 6.54 Å². The first-order chi connectivity index (χ1) is 6.65. The van der Waals surface area contributed by atoms with Gasteiger partial charge < -0.3 is 0 Å². The molecule has 1 rings (SSSR count). The van der Waals surface area contributed by atoms with Crippen LogP contribution in [0.1, 0.15) is 32.9 Å². The van der Waals surface area contributed by atoms with Crippen molar-refractivity contribution >= 4 is 23.1 Å². The Hall–Kier alpha value is -0.190. The molecular formula is C9H16ClN3S. The topological polar surface area (TPSA) is 29.0 Å². The molecule has 0 fully saturated rings. The predicted octanol–water partition coefficient (Wildman–Crippen LogP) is 2.81. The molecule has 0 aliphatic carbocycles.